The molecule has 0 aromatic heterocycles. The van der Waals surface area contributed by atoms with Crippen LogP contribution in [0.1, 0.15) is 65.2 Å². The van der Waals surface area contributed by atoms with Gasteiger partial charge in [0.15, 0.2) is 0 Å². The summed E-state index contributed by atoms with van der Waals surface area (Å²) in [6.45, 7) is 4.82. The minimum atomic E-state index is -0.202. The van der Waals surface area contributed by atoms with Crippen LogP contribution in [0.2, 0.25) is 0 Å². The van der Waals surface area contributed by atoms with Crippen LogP contribution in [0.25, 0.3) is 0 Å². The van der Waals surface area contributed by atoms with Gasteiger partial charge in [-0.25, -0.2) is 0 Å². The van der Waals surface area contributed by atoms with E-state index in [0.717, 1.165) is 37.0 Å². The second-order valence-electron chi connectivity index (χ2n) is 8.77. The van der Waals surface area contributed by atoms with Crippen molar-refractivity contribution in [3.8, 4) is 0 Å². The largest absolute Gasteiger partial charge is 0.393 e. The standard InChI is InChI=1S/C19H30O2/c1-18-9-7-13(20)11-12(18)3-4-14-15-5-6-17(21)19(15,2)10-8-16(14)18/h11,13-17,20-21H,3-10H2,1-2H3/t13-,14-,15-,16-,17-,18-,19-/m1/s1. The molecule has 0 aromatic rings. The van der Waals surface area contributed by atoms with Gasteiger partial charge < -0.3 is 10.2 Å². The maximum absolute atomic E-state index is 10.5. The zero-order chi connectivity index (χ0) is 14.8. The zero-order valence-electron chi connectivity index (χ0n) is 13.5. The molecule has 0 amide bonds. The molecule has 0 unspecified atom stereocenters. The monoisotopic (exact) mass is 290 g/mol. The van der Waals surface area contributed by atoms with Crippen molar-refractivity contribution < 1.29 is 10.2 Å². The Morgan fingerprint density at radius 2 is 1.76 bits per heavy atom. The Morgan fingerprint density at radius 3 is 2.57 bits per heavy atom. The van der Waals surface area contributed by atoms with Crippen molar-refractivity contribution in [1.82, 2.24) is 0 Å². The summed E-state index contributed by atoms with van der Waals surface area (Å²) in [7, 11) is 0. The summed E-state index contributed by atoms with van der Waals surface area (Å²) in [6.07, 6.45) is 11.2. The lowest BCUT2D eigenvalue weighted by molar-refractivity contribution is -0.0761. The lowest BCUT2D eigenvalue weighted by Gasteiger charge is -2.58. The maximum atomic E-state index is 10.5. The quantitative estimate of drug-likeness (QED) is 0.668. The van der Waals surface area contributed by atoms with Crippen molar-refractivity contribution >= 4 is 0 Å². The molecule has 21 heavy (non-hydrogen) atoms. The molecule has 0 bridgehead atoms. The first-order valence-electron chi connectivity index (χ1n) is 9.02. The molecule has 118 valence electrons. The maximum Gasteiger partial charge on any atom is 0.0724 e. The van der Waals surface area contributed by atoms with Gasteiger partial charge in [0.25, 0.3) is 0 Å². The Labute approximate surface area is 128 Å². The molecule has 0 aliphatic heterocycles. The van der Waals surface area contributed by atoms with Crippen LogP contribution in [0.3, 0.4) is 0 Å². The lowest BCUT2D eigenvalue weighted by atomic mass is 9.47. The average Bonchev–Trinajstić information content (AvgIpc) is 2.76. The summed E-state index contributed by atoms with van der Waals surface area (Å²) in [5.74, 6) is 2.32. The molecule has 2 N–H and O–H groups in total. The number of allylic oxidation sites excluding steroid dienone is 1. The van der Waals surface area contributed by atoms with E-state index in [2.05, 4.69) is 19.9 Å². The Balaban J connectivity index is 1.67. The number of hydrogen-bond acceptors (Lipinski definition) is 2. The van der Waals surface area contributed by atoms with Crippen LogP contribution >= 0.6 is 0 Å². The molecule has 0 saturated heterocycles. The van der Waals surface area contributed by atoms with Crippen LogP contribution < -0.4 is 0 Å². The number of fused-ring (bicyclic) bond motifs is 5. The first-order valence-corrected chi connectivity index (χ1v) is 9.02. The first kappa shape index (κ1) is 14.3. The van der Waals surface area contributed by atoms with Crippen LogP contribution in [0.15, 0.2) is 11.6 Å². The number of hydrogen-bond donors (Lipinski definition) is 2. The molecular weight excluding hydrogens is 260 g/mol. The summed E-state index contributed by atoms with van der Waals surface area (Å²) in [4.78, 5) is 0. The smallest absolute Gasteiger partial charge is 0.0724 e. The SMILES string of the molecule is C[C@@]12CC[C@@H]3[C@H](CCC4=C[C@H](O)CC[C@]43C)[C@H]1CC[C@H]2O. The van der Waals surface area contributed by atoms with E-state index in [4.69, 9.17) is 0 Å². The van der Waals surface area contributed by atoms with Gasteiger partial charge in [0.2, 0.25) is 0 Å². The van der Waals surface area contributed by atoms with Crippen molar-refractivity contribution in [2.24, 2.45) is 28.6 Å². The second kappa shape index (κ2) is 4.58. The molecule has 4 aliphatic rings. The van der Waals surface area contributed by atoms with Crippen LogP contribution in [-0.4, -0.2) is 22.4 Å². The van der Waals surface area contributed by atoms with E-state index in [1.807, 2.05) is 0 Å². The Kier molecular flexibility index (Phi) is 3.11. The van der Waals surface area contributed by atoms with E-state index in [0.29, 0.717) is 5.41 Å². The zero-order valence-corrected chi connectivity index (χ0v) is 13.5. The highest BCUT2D eigenvalue weighted by molar-refractivity contribution is 5.25. The van der Waals surface area contributed by atoms with Crippen LogP contribution in [0.5, 0.6) is 0 Å². The first-order chi connectivity index (χ1) is 9.95. The van der Waals surface area contributed by atoms with Gasteiger partial charge in [-0.3, -0.25) is 0 Å². The van der Waals surface area contributed by atoms with E-state index in [1.165, 1.54) is 32.1 Å². The van der Waals surface area contributed by atoms with Gasteiger partial charge in [-0.15, -0.1) is 0 Å². The molecule has 7 atom stereocenters. The van der Waals surface area contributed by atoms with Gasteiger partial charge in [-0.05, 0) is 80.0 Å². The third-order valence-corrected chi connectivity index (χ3v) is 8.04. The molecule has 2 nitrogen and oxygen atoms in total. The molecule has 4 rings (SSSR count). The van der Waals surface area contributed by atoms with E-state index in [9.17, 15) is 10.2 Å². The topological polar surface area (TPSA) is 40.5 Å². The fraction of sp³-hybridized carbons (Fsp3) is 0.895. The minimum Gasteiger partial charge on any atom is -0.393 e. The predicted molar refractivity (Wildman–Crippen MR) is 83.7 cm³/mol. The van der Waals surface area contributed by atoms with Crippen molar-refractivity contribution in [3.63, 3.8) is 0 Å². The highest BCUT2D eigenvalue weighted by atomic mass is 16.3. The van der Waals surface area contributed by atoms with Crippen molar-refractivity contribution in [1.29, 1.82) is 0 Å². The molecule has 0 aromatic carbocycles. The van der Waals surface area contributed by atoms with Gasteiger partial charge in [0, 0.05) is 0 Å². The molecule has 0 radical (unpaired) electrons. The van der Waals surface area contributed by atoms with Gasteiger partial charge in [-0.2, -0.15) is 0 Å². The molecule has 0 spiro atoms. The van der Waals surface area contributed by atoms with Gasteiger partial charge >= 0.3 is 0 Å². The summed E-state index contributed by atoms with van der Waals surface area (Å²) >= 11 is 0. The Bertz CT molecular complexity index is 470. The third kappa shape index (κ3) is 1.84. The Hall–Kier alpha value is -0.340. The number of aliphatic hydroxyl groups excluding tert-OH is 2. The van der Waals surface area contributed by atoms with Crippen molar-refractivity contribution in [2.75, 3.05) is 0 Å². The number of aliphatic hydroxyl groups is 2. The minimum absolute atomic E-state index is 0.0682. The third-order valence-electron chi connectivity index (χ3n) is 8.04. The summed E-state index contributed by atoms with van der Waals surface area (Å²) in [5, 5.41) is 20.4. The molecule has 0 heterocycles. The molecule has 3 fully saturated rings. The molecule has 2 heteroatoms. The summed E-state index contributed by atoms with van der Waals surface area (Å²) in [6, 6.07) is 0. The molecule has 4 aliphatic carbocycles. The highest BCUT2D eigenvalue weighted by Crippen LogP contribution is 2.65. The lowest BCUT2D eigenvalue weighted by Crippen LogP contribution is -2.51. The predicted octanol–water partition coefficient (Wildman–Crippen LogP) is 3.67. The van der Waals surface area contributed by atoms with Crippen LogP contribution in [0.4, 0.5) is 0 Å². The fourth-order valence-corrected chi connectivity index (χ4v) is 6.68. The molecular formula is C19H30O2. The van der Waals surface area contributed by atoms with Crippen molar-refractivity contribution in [3.05, 3.63) is 11.6 Å². The van der Waals surface area contributed by atoms with E-state index >= 15 is 0 Å². The van der Waals surface area contributed by atoms with Gasteiger partial charge in [0.1, 0.15) is 0 Å². The van der Waals surface area contributed by atoms with E-state index in [1.54, 1.807) is 5.57 Å². The van der Waals surface area contributed by atoms with Gasteiger partial charge in [-0.1, -0.05) is 25.5 Å². The normalized spacial score (nSPS) is 56.2. The van der Waals surface area contributed by atoms with Crippen LogP contribution in [-0.2, 0) is 0 Å². The average molecular weight is 290 g/mol. The van der Waals surface area contributed by atoms with E-state index < -0.39 is 0 Å². The van der Waals surface area contributed by atoms with Crippen molar-refractivity contribution in [2.45, 2.75) is 77.4 Å². The summed E-state index contributed by atoms with van der Waals surface area (Å²) < 4.78 is 0. The molecule has 3 saturated carbocycles. The number of rotatable bonds is 0. The van der Waals surface area contributed by atoms with Gasteiger partial charge in [0.05, 0.1) is 12.2 Å². The van der Waals surface area contributed by atoms with Crippen LogP contribution in [0, 0.1) is 28.6 Å². The highest BCUT2D eigenvalue weighted by Gasteiger charge is 2.58. The fourth-order valence-electron chi connectivity index (χ4n) is 6.68. The summed E-state index contributed by atoms with van der Waals surface area (Å²) in [5.41, 5.74) is 2.06. The second-order valence-corrected chi connectivity index (χ2v) is 8.77. The van der Waals surface area contributed by atoms with E-state index in [-0.39, 0.29) is 17.6 Å². The Morgan fingerprint density at radius 1 is 0.952 bits per heavy atom.